The van der Waals surface area contributed by atoms with Gasteiger partial charge in [0.2, 0.25) is 5.91 Å². The fraction of sp³-hybridized carbons (Fsp3) is 0.429. The van der Waals surface area contributed by atoms with Crippen LogP contribution in [-0.2, 0) is 4.79 Å². The first-order valence-corrected chi connectivity index (χ1v) is 5.27. The van der Waals surface area contributed by atoms with Crippen LogP contribution in [0.15, 0.2) is 12.3 Å². The normalized spacial score (nSPS) is 32.9. The third-order valence-electron chi connectivity index (χ3n) is 2.14. The summed E-state index contributed by atoms with van der Waals surface area (Å²) in [6, 6.07) is 0. The molecule has 0 aromatic carbocycles. The fourth-order valence-corrected chi connectivity index (χ4v) is 3.32. The number of fused-ring (bicyclic) bond motifs is 1. The maximum absolute atomic E-state index is 10.9. The third-order valence-corrected chi connectivity index (χ3v) is 4.39. The van der Waals surface area contributed by atoms with Crippen LogP contribution < -0.4 is 0 Å². The minimum absolute atomic E-state index is 0. The van der Waals surface area contributed by atoms with Crippen LogP contribution in [0.2, 0.25) is 0 Å². The second kappa shape index (κ2) is 4.04. The molecule has 6 heteroatoms. The molecule has 2 unspecified atom stereocenters. The van der Waals surface area contributed by atoms with E-state index in [0.29, 0.717) is 12.2 Å². The summed E-state index contributed by atoms with van der Waals surface area (Å²) in [6.07, 6.45) is 3.90. The average molecular weight is 211 g/mol. The number of thiol groups is 1. The Balaban J connectivity index is 0.000000845. The van der Waals surface area contributed by atoms with Gasteiger partial charge < -0.3 is 10.0 Å². The molecule has 1 N–H and O–H groups in total. The Labute approximate surface area is 101 Å². The second-order valence-corrected chi connectivity index (χ2v) is 5.09. The van der Waals surface area contributed by atoms with Gasteiger partial charge in [0, 0.05) is 12.0 Å². The molecule has 1 fully saturated rings. The van der Waals surface area contributed by atoms with E-state index < -0.39 is 16.2 Å². The molecule has 2 aliphatic heterocycles. The van der Waals surface area contributed by atoms with Crippen LogP contribution in [0.5, 0.6) is 0 Å². The monoisotopic (exact) mass is 211 g/mol. The van der Waals surface area contributed by atoms with Gasteiger partial charge in [-0.3, -0.25) is 4.79 Å². The van der Waals surface area contributed by atoms with E-state index in [4.69, 9.17) is 5.11 Å². The molecule has 68 valence electrons. The molecule has 1 amide bonds. The van der Waals surface area contributed by atoms with Gasteiger partial charge in [-0.1, -0.05) is 6.08 Å². The molecule has 2 heterocycles. The summed E-state index contributed by atoms with van der Waals surface area (Å²) in [5.74, 6) is 0.656. The molecule has 0 aromatic rings. The van der Waals surface area contributed by atoms with Crippen LogP contribution in [-0.4, -0.2) is 61.9 Å². The van der Waals surface area contributed by atoms with Gasteiger partial charge in [0.25, 0.3) is 0 Å². The topological polar surface area (TPSA) is 57.6 Å². The maximum atomic E-state index is 10.9. The van der Waals surface area contributed by atoms with Crippen LogP contribution in [0.4, 0.5) is 4.79 Å². The summed E-state index contributed by atoms with van der Waals surface area (Å²) in [5.41, 5.74) is 0. The van der Waals surface area contributed by atoms with Gasteiger partial charge in [0.1, 0.15) is 0 Å². The first-order chi connectivity index (χ1) is 5.70. The molecule has 2 atom stereocenters. The summed E-state index contributed by atoms with van der Waals surface area (Å²) in [5, 5.41) is 8.05. The van der Waals surface area contributed by atoms with E-state index in [1.165, 1.54) is 0 Å². The predicted molar refractivity (Wildman–Crippen MR) is 53.4 cm³/mol. The standard InChI is InChI=1S/C7H9NO3S.Na.H/c9-5-4-6-8(5)2-1-3-12(6)7(10)11;;/h1-2,6,12H,3-4H2,(H,10,11);;. The van der Waals surface area contributed by atoms with Crippen LogP contribution in [0.25, 0.3) is 0 Å². The van der Waals surface area contributed by atoms with Gasteiger partial charge in [0.05, 0.1) is 11.8 Å². The van der Waals surface area contributed by atoms with Crippen LogP contribution >= 0.6 is 10.9 Å². The number of carbonyl (C=O) groups is 2. The van der Waals surface area contributed by atoms with E-state index in [-0.39, 0.29) is 40.8 Å². The molecule has 0 radical (unpaired) electrons. The van der Waals surface area contributed by atoms with Crippen molar-refractivity contribution in [3.05, 3.63) is 12.3 Å². The van der Waals surface area contributed by atoms with Crippen molar-refractivity contribution in [2.75, 3.05) is 5.75 Å². The van der Waals surface area contributed by atoms with Crippen molar-refractivity contribution < 1.29 is 14.7 Å². The van der Waals surface area contributed by atoms with Crippen molar-refractivity contribution in [2.24, 2.45) is 0 Å². The third kappa shape index (κ3) is 1.79. The first-order valence-electron chi connectivity index (χ1n) is 3.67. The Morgan fingerprint density at radius 3 is 2.92 bits per heavy atom. The summed E-state index contributed by atoms with van der Waals surface area (Å²) < 4.78 is 0. The zero-order chi connectivity index (χ0) is 8.72. The van der Waals surface area contributed by atoms with Gasteiger partial charge >= 0.3 is 34.9 Å². The van der Waals surface area contributed by atoms with Crippen molar-refractivity contribution in [3.63, 3.8) is 0 Å². The molecule has 13 heavy (non-hydrogen) atoms. The predicted octanol–water partition coefficient (Wildman–Crippen LogP) is 0.103. The van der Waals surface area contributed by atoms with E-state index in [0.717, 1.165) is 0 Å². The zero-order valence-corrected chi connectivity index (χ0v) is 7.20. The van der Waals surface area contributed by atoms with Crippen molar-refractivity contribution in [1.82, 2.24) is 4.90 Å². The molecule has 0 spiro atoms. The molecular weight excluding hydrogens is 201 g/mol. The van der Waals surface area contributed by atoms with E-state index in [2.05, 4.69) is 0 Å². The number of nitrogens with zero attached hydrogens (tertiary/aromatic N) is 1. The number of amides is 1. The van der Waals surface area contributed by atoms with Crippen LogP contribution in [0.1, 0.15) is 6.42 Å². The van der Waals surface area contributed by atoms with Gasteiger partial charge in [0.15, 0.2) is 0 Å². The summed E-state index contributed by atoms with van der Waals surface area (Å²) in [4.78, 5) is 23.2. The van der Waals surface area contributed by atoms with Gasteiger partial charge in [-0.25, -0.2) is 4.79 Å². The molecule has 0 saturated carbocycles. The van der Waals surface area contributed by atoms with Crippen molar-refractivity contribution in [1.29, 1.82) is 0 Å². The molecule has 4 nitrogen and oxygen atoms in total. The van der Waals surface area contributed by atoms with Crippen LogP contribution in [0, 0.1) is 0 Å². The molecule has 0 aliphatic carbocycles. The zero-order valence-electron chi connectivity index (χ0n) is 6.30. The average Bonchev–Trinajstić information content (AvgIpc) is 2.02. The van der Waals surface area contributed by atoms with Crippen molar-refractivity contribution >= 4 is 51.7 Å². The van der Waals surface area contributed by atoms with E-state index in [1.807, 2.05) is 0 Å². The number of rotatable bonds is 0. The molecule has 1 saturated heterocycles. The summed E-state index contributed by atoms with van der Waals surface area (Å²) >= 11 is 0. The molecule has 2 rings (SSSR count). The SMILES string of the molecule is O=C1CC2N1C=CC[SH]2C(=O)O.[NaH]. The molecule has 0 bridgehead atoms. The van der Waals surface area contributed by atoms with Crippen molar-refractivity contribution in [3.8, 4) is 0 Å². The number of hydrogen-bond donors (Lipinski definition) is 2. The Hall–Kier alpha value is 0.0300. The van der Waals surface area contributed by atoms with E-state index >= 15 is 0 Å². The second-order valence-electron chi connectivity index (χ2n) is 2.81. The van der Waals surface area contributed by atoms with Gasteiger partial charge in [-0.2, -0.15) is 0 Å². The molecular formula is C7H10NNaO3S. The number of hydrogen-bond acceptors (Lipinski definition) is 2. The van der Waals surface area contributed by atoms with Gasteiger partial charge in [-0.05, 0) is 0 Å². The molecule has 2 aliphatic rings. The Morgan fingerprint density at radius 2 is 2.38 bits per heavy atom. The quantitative estimate of drug-likeness (QED) is 0.339. The van der Waals surface area contributed by atoms with Gasteiger partial charge in [-0.15, -0.1) is 10.9 Å². The number of carbonyl (C=O) groups excluding carboxylic acids is 1. The number of carboxylic acid groups (broad SMARTS) is 1. The van der Waals surface area contributed by atoms with E-state index in [1.54, 1.807) is 17.2 Å². The van der Waals surface area contributed by atoms with Crippen molar-refractivity contribution in [2.45, 2.75) is 11.8 Å². The minimum atomic E-state index is -1.04. The van der Waals surface area contributed by atoms with Crippen LogP contribution in [0.3, 0.4) is 0 Å². The van der Waals surface area contributed by atoms with E-state index in [9.17, 15) is 9.59 Å². The summed E-state index contributed by atoms with van der Waals surface area (Å²) in [6.45, 7) is 0. The Bertz CT molecular complexity index is 281. The summed E-state index contributed by atoms with van der Waals surface area (Å²) in [7, 11) is -1.04. The Kier molecular flexibility index (Phi) is 3.45. The fourth-order valence-electron chi connectivity index (χ4n) is 1.46. The molecule has 0 aromatic heterocycles. The first kappa shape index (κ1) is 11.1. The Morgan fingerprint density at radius 1 is 1.69 bits per heavy atom. The number of β-lactam (4-membered cyclic amide) rings is 1.